The smallest absolute Gasteiger partial charge is 0.387 e. The monoisotopic (exact) mass is 312 g/mol. The average Bonchev–Trinajstić information content (AvgIpc) is 2.83. The Balaban J connectivity index is 1.88. The maximum atomic E-state index is 12.2. The lowest BCUT2D eigenvalue weighted by molar-refractivity contribution is -0.129. The minimum atomic E-state index is -2.85. The summed E-state index contributed by atoms with van der Waals surface area (Å²) in [5, 5.41) is 0. The van der Waals surface area contributed by atoms with Gasteiger partial charge in [0.25, 0.3) is 0 Å². The van der Waals surface area contributed by atoms with Gasteiger partial charge in [0.1, 0.15) is 5.75 Å². The summed E-state index contributed by atoms with van der Waals surface area (Å²) < 4.78 is 28.8. The SMILES string of the molecule is CN1CC[C@H](CN(C)C(=O)Cc2cccc(OC(F)F)c2)C1. The number of halogens is 2. The van der Waals surface area contributed by atoms with Gasteiger partial charge in [0.15, 0.2) is 0 Å². The zero-order valence-electron chi connectivity index (χ0n) is 13.0. The fourth-order valence-electron chi connectivity index (χ4n) is 2.81. The Labute approximate surface area is 129 Å². The van der Waals surface area contributed by atoms with Crippen molar-refractivity contribution in [3.05, 3.63) is 29.8 Å². The first-order chi connectivity index (χ1) is 10.4. The van der Waals surface area contributed by atoms with E-state index in [9.17, 15) is 13.6 Å². The van der Waals surface area contributed by atoms with Gasteiger partial charge >= 0.3 is 6.61 Å². The standard InChI is InChI=1S/C16H22F2N2O2/c1-19-7-6-13(10-19)11-20(2)15(21)9-12-4-3-5-14(8-12)22-16(17)18/h3-5,8,13,16H,6-7,9-11H2,1-2H3/t13-/m0/s1. The first-order valence-electron chi connectivity index (χ1n) is 7.40. The number of rotatable bonds is 6. The van der Waals surface area contributed by atoms with Crippen LogP contribution in [0, 0.1) is 5.92 Å². The molecule has 1 atom stereocenters. The molecule has 1 fully saturated rings. The van der Waals surface area contributed by atoms with Crippen LogP contribution in [0.3, 0.4) is 0 Å². The summed E-state index contributed by atoms with van der Waals surface area (Å²) in [7, 11) is 3.87. The molecule has 0 saturated carbocycles. The Hall–Kier alpha value is -1.69. The van der Waals surface area contributed by atoms with E-state index in [-0.39, 0.29) is 18.1 Å². The molecule has 0 aliphatic carbocycles. The van der Waals surface area contributed by atoms with Crippen molar-refractivity contribution in [1.29, 1.82) is 0 Å². The molecule has 1 aliphatic heterocycles. The van der Waals surface area contributed by atoms with Crippen LogP contribution in [0.1, 0.15) is 12.0 Å². The van der Waals surface area contributed by atoms with Crippen LogP contribution in [-0.2, 0) is 11.2 Å². The van der Waals surface area contributed by atoms with E-state index in [0.29, 0.717) is 11.5 Å². The van der Waals surface area contributed by atoms with Crippen LogP contribution in [0.5, 0.6) is 5.75 Å². The molecule has 0 unspecified atom stereocenters. The minimum absolute atomic E-state index is 0.0104. The maximum Gasteiger partial charge on any atom is 0.387 e. The van der Waals surface area contributed by atoms with E-state index in [0.717, 1.165) is 26.1 Å². The molecule has 0 N–H and O–H groups in total. The predicted octanol–water partition coefficient (Wildman–Crippen LogP) is 2.24. The molecule has 1 amide bonds. The molecule has 1 heterocycles. The number of hydrogen-bond donors (Lipinski definition) is 0. The van der Waals surface area contributed by atoms with Crippen molar-refractivity contribution in [2.45, 2.75) is 19.5 Å². The summed E-state index contributed by atoms with van der Waals surface area (Å²) in [5.41, 5.74) is 0.679. The van der Waals surface area contributed by atoms with Gasteiger partial charge in [0.2, 0.25) is 5.91 Å². The lowest BCUT2D eigenvalue weighted by Crippen LogP contribution is -2.33. The molecule has 2 rings (SSSR count). The molecule has 1 aromatic rings. The van der Waals surface area contributed by atoms with E-state index in [4.69, 9.17) is 0 Å². The van der Waals surface area contributed by atoms with Crippen LogP contribution in [0.15, 0.2) is 24.3 Å². The first-order valence-corrected chi connectivity index (χ1v) is 7.40. The van der Waals surface area contributed by atoms with Crippen molar-refractivity contribution < 1.29 is 18.3 Å². The van der Waals surface area contributed by atoms with E-state index in [1.54, 1.807) is 24.1 Å². The van der Waals surface area contributed by atoms with Gasteiger partial charge in [0, 0.05) is 20.1 Å². The number of hydrogen-bond acceptors (Lipinski definition) is 3. The van der Waals surface area contributed by atoms with Crippen molar-refractivity contribution in [3.8, 4) is 5.75 Å². The fraction of sp³-hybridized carbons (Fsp3) is 0.562. The molecule has 4 nitrogen and oxygen atoms in total. The number of likely N-dealkylation sites (N-methyl/N-ethyl adjacent to an activating group) is 1. The first kappa shape index (κ1) is 16.7. The second-order valence-electron chi connectivity index (χ2n) is 5.89. The molecule has 0 spiro atoms. The van der Waals surface area contributed by atoms with E-state index < -0.39 is 6.61 Å². The number of alkyl halides is 2. The van der Waals surface area contributed by atoms with Crippen LogP contribution in [0.4, 0.5) is 8.78 Å². The van der Waals surface area contributed by atoms with Gasteiger partial charge in [0.05, 0.1) is 6.42 Å². The lowest BCUT2D eigenvalue weighted by Gasteiger charge is -2.21. The van der Waals surface area contributed by atoms with Crippen molar-refractivity contribution in [1.82, 2.24) is 9.80 Å². The molecular weight excluding hydrogens is 290 g/mol. The van der Waals surface area contributed by atoms with Crippen molar-refractivity contribution in [2.75, 3.05) is 33.7 Å². The highest BCUT2D eigenvalue weighted by Crippen LogP contribution is 2.18. The van der Waals surface area contributed by atoms with Crippen LogP contribution >= 0.6 is 0 Å². The van der Waals surface area contributed by atoms with Gasteiger partial charge in [-0.3, -0.25) is 4.79 Å². The lowest BCUT2D eigenvalue weighted by atomic mass is 10.1. The van der Waals surface area contributed by atoms with Gasteiger partial charge in [-0.1, -0.05) is 12.1 Å². The zero-order valence-corrected chi connectivity index (χ0v) is 13.0. The van der Waals surface area contributed by atoms with E-state index in [1.807, 2.05) is 0 Å². The molecule has 0 aromatic heterocycles. The third-order valence-corrected chi connectivity index (χ3v) is 3.93. The number of likely N-dealkylation sites (tertiary alicyclic amines) is 1. The van der Waals surface area contributed by atoms with Crippen molar-refractivity contribution in [2.24, 2.45) is 5.92 Å². The third kappa shape index (κ3) is 4.94. The predicted molar refractivity (Wildman–Crippen MR) is 80.0 cm³/mol. The highest BCUT2D eigenvalue weighted by molar-refractivity contribution is 5.78. The number of nitrogens with zero attached hydrogens (tertiary/aromatic N) is 2. The van der Waals surface area contributed by atoms with Crippen LogP contribution in [0.2, 0.25) is 0 Å². The quantitative estimate of drug-likeness (QED) is 0.807. The summed E-state index contributed by atoms with van der Waals surface area (Å²) in [6.07, 6.45) is 1.30. The van der Waals surface area contributed by atoms with Gasteiger partial charge in [-0.25, -0.2) is 0 Å². The minimum Gasteiger partial charge on any atom is -0.435 e. The van der Waals surface area contributed by atoms with E-state index in [1.165, 1.54) is 12.1 Å². The number of carbonyl (C=O) groups is 1. The second-order valence-corrected chi connectivity index (χ2v) is 5.89. The van der Waals surface area contributed by atoms with E-state index >= 15 is 0 Å². The summed E-state index contributed by atoms with van der Waals surface area (Å²) in [4.78, 5) is 16.2. The molecule has 1 aromatic carbocycles. The summed E-state index contributed by atoms with van der Waals surface area (Å²) in [6.45, 7) is -0.0428. The molecule has 0 bridgehead atoms. The number of amides is 1. The normalized spacial score (nSPS) is 18.7. The molecule has 1 aliphatic rings. The van der Waals surface area contributed by atoms with Crippen molar-refractivity contribution in [3.63, 3.8) is 0 Å². The molecule has 1 saturated heterocycles. The molecule has 6 heteroatoms. The summed E-state index contributed by atoms with van der Waals surface area (Å²) >= 11 is 0. The van der Waals surface area contributed by atoms with Gasteiger partial charge in [-0.15, -0.1) is 0 Å². The molecule has 0 radical (unpaired) electrons. The largest absolute Gasteiger partial charge is 0.435 e. The second kappa shape index (κ2) is 7.54. The maximum absolute atomic E-state index is 12.2. The number of ether oxygens (including phenoxy) is 1. The Morgan fingerprint density at radius 2 is 2.27 bits per heavy atom. The van der Waals surface area contributed by atoms with Crippen LogP contribution < -0.4 is 4.74 Å². The molecular formula is C16H22F2N2O2. The van der Waals surface area contributed by atoms with Gasteiger partial charge in [-0.2, -0.15) is 8.78 Å². The van der Waals surface area contributed by atoms with Crippen molar-refractivity contribution >= 4 is 5.91 Å². The topological polar surface area (TPSA) is 32.8 Å². The highest BCUT2D eigenvalue weighted by atomic mass is 19.3. The third-order valence-electron chi connectivity index (χ3n) is 3.93. The Bertz CT molecular complexity index is 511. The average molecular weight is 312 g/mol. The van der Waals surface area contributed by atoms with Gasteiger partial charge < -0.3 is 14.5 Å². The Morgan fingerprint density at radius 1 is 1.50 bits per heavy atom. The number of benzene rings is 1. The van der Waals surface area contributed by atoms with E-state index in [2.05, 4.69) is 16.7 Å². The van der Waals surface area contributed by atoms with Crippen LogP contribution in [-0.4, -0.2) is 56.0 Å². The zero-order chi connectivity index (χ0) is 16.1. The summed E-state index contributed by atoms with van der Waals surface area (Å²) in [6, 6.07) is 6.30. The summed E-state index contributed by atoms with van der Waals surface area (Å²) in [5.74, 6) is 0.580. The Morgan fingerprint density at radius 3 is 2.91 bits per heavy atom. The van der Waals surface area contributed by atoms with Crippen LogP contribution in [0.25, 0.3) is 0 Å². The highest BCUT2D eigenvalue weighted by Gasteiger charge is 2.22. The fourth-order valence-corrected chi connectivity index (χ4v) is 2.81. The number of carbonyl (C=O) groups excluding carboxylic acids is 1. The Kier molecular flexibility index (Phi) is 5.71. The van der Waals surface area contributed by atoms with Gasteiger partial charge in [-0.05, 0) is 43.6 Å². The molecule has 22 heavy (non-hydrogen) atoms. The molecule has 122 valence electrons.